The van der Waals surface area contributed by atoms with Crippen molar-refractivity contribution < 1.29 is 17.9 Å². The van der Waals surface area contributed by atoms with Crippen LogP contribution < -0.4 is 14.2 Å². The average Bonchev–Trinajstić information content (AvgIpc) is 2.55. The van der Waals surface area contributed by atoms with Crippen molar-refractivity contribution in [1.29, 1.82) is 5.26 Å². The van der Waals surface area contributed by atoms with Gasteiger partial charge in [0.2, 0.25) is 11.8 Å². The van der Waals surface area contributed by atoms with Crippen molar-refractivity contribution in [1.82, 2.24) is 4.98 Å². The molecule has 0 aliphatic rings. The van der Waals surface area contributed by atoms with Gasteiger partial charge in [0.1, 0.15) is 5.69 Å². The van der Waals surface area contributed by atoms with E-state index in [9.17, 15) is 8.42 Å². The van der Waals surface area contributed by atoms with Crippen LogP contribution in [0.3, 0.4) is 0 Å². The minimum absolute atomic E-state index is 0.0318. The molecule has 0 fully saturated rings. The summed E-state index contributed by atoms with van der Waals surface area (Å²) in [5.74, 6) is 0.398. The number of benzene rings is 1. The lowest BCUT2D eigenvalue weighted by Crippen LogP contribution is -2.14. The number of pyridine rings is 1. The maximum atomic E-state index is 12.3. The second kappa shape index (κ2) is 6.32. The minimum atomic E-state index is -3.81. The minimum Gasteiger partial charge on any atom is -0.481 e. The molecule has 0 bridgehead atoms. The van der Waals surface area contributed by atoms with Gasteiger partial charge in [-0.3, -0.25) is 4.72 Å². The highest BCUT2D eigenvalue weighted by Crippen LogP contribution is 2.27. The Bertz CT molecular complexity index is 811. The predicted molar refractivity (Wildman–Crippen MR) is 79.3 cm³/mol. The Morgan fingerprint density at radius 3 is 2.32 bits per heavy atom. The van der Waals surface area contributed by atoms with Crippen molar-refractivity contribution in [3.05, 3.63) is 42.0 Å². The molecule has 1 aromatic carbocycles. The fourth-order valence-corrected chi connectivity index (χ4v) is 2.74. The number of nitriles is 1. The summed E-state index contributed by atoms with van der Waals surface area (Å²) in [6.07, 6.45) is 0. The largest absolute Gasteiger partial charge is 0.481 e. The Morgan fingerprint density at radius 1 is 1.09 bits per heavy atom. The normalized spacial score (nSPS) is 10.6. The van der Waals surface area contributed by atoms with Crippen LogP contribution in [-0.4, -0.2) is 27.6 Å². The molecule has 0 radical (unpaired) electrons. The van der Waals surface area contributed by atoms with E-state index >= 15 is 0 Å². The molecule has 1 aromatic heterocycles. The lowest BCUT2D eigenvalue weighted by atomic mass is 10.2. The molecule has 2 rings (SSSR count). The van der Waals surface area contributed by atoms with Gasteiger partial charge in [-0.1, -0.05) is 0 Å². The van der Waals surface area contributed by atoms with Crippen LogP contribution in [0.4, 0.5) is 5.69 Å². The van der Waals surface area contributed by atoms with E-state index < -0.39 is 10.0 Å². The third-order valence-electron chi connectivity index (χ3n) is 2.78. The molecule has 22 heavy (non-hydrogen) atoms. The maximum Gasteiger partial charge on any atom is 0.262 e. The molecule has 1 N–H and O–H groups in total. The molecule has 1 heterocycles. The molecule has 0 amide bonds. The molecule has 2 aromatic rings. The van der Waals surface area contributed by atoms with Crippen LogP contribution in [0.5, 0.6) is 11.8 Å². The first-order chi connectivity index (χ1) is 10.5. The summed E-state index contributed by atoms with van der Waals surface area (Å²) in [4.78, 5) is 4.03. The number of anilines is 1. The zero-order chi connectivity index (χ0) is 16.2. The number of sulfonamides is 1. The Balaban J connectivity index is 2.34. The number of aromatic nitrogens is 1. The smallest absolute Gasteiger partial charge is 0.262 e. The van der Waals surface area contributed by atoms with E-state index in [1.54, 1.807) is 0 Å². The molecule has 0 saturated heterocycles. The number of methoxy groups -OCH3 is 2. The molecule has 0 saturated carbocycles. The number of nitrogens with zero attached hydrogens (tertiary/aromatic N) is 2. The molecule has 0 atom stereocenters. The highest BCUT2D eigenvalue weighted by molar-refractivity contribution is 7.92. The number of ether oxygens (including phenoxy) is 2. The number of hydrogen-bond acceptors (Lipinski definition) is 6. The summed E-state index contributed by atoms with van der Waals surface area (Å²) in [6, 6.07) is 10.5. The van der Waals surface area contributed by atoms with Gasteiger partial charge in [-0.25, -0.2) is 8.42 Å². The maximum absolute atomic E-state index is 12.3. The molecule has 0 unspecified atom stereocenters. The van der Waals surface area contributed by atoms with Gasteiger partial charge in [0, 0.05) is 6.07 Å². The van der Waals surface area contributed by atoms with Crippen molar-refractivity contribution in [2.45, 2.75) is 4.90 Å². The van der Waals surface area contributed by atoms with E-state index in [2.05, 4.69) is 9.71 Å². The van der Waals surface area contributed by atoms with Gasteiger partial charge >= 0.3 is 0 Å². The first kappa shape index (κ1) is 15.6. The van der Waals surface area contributed by atoms with E-state index in [1.165, 1.54) is 50.6 Å². The third kappa shape index (κ3) is 3.27. The zero-order valence-electron chi connectivity index (χ0n) is 11.9. The van der Waals surface area contributed by atoms with E-state index in [0.29, 0.717) is 11.4 Å². The summed E-state index contributed by atoms with van der Waals surface area (Å²) < 4.78 is 37.0. The lowest BCUT2D eigenvalue weighted by Gasteiger charge is -2.12. The van der Waals surface area contributed by atoms with Gasteiger partial charge in [0.15, 0.2) is 0 Å². The highest BCUT2D eigenvalue weighted by atomic mass is 32.2. The summed E-state index contributed by atoms with van der Waals surface area (Å²) in [5, 5.41) is 8.73. The van der Waals surface area contributed by atoms with Crippen LogP contribution >= 0.6 is 0 Å². The third-order valence-corrected chi connectivity index (χ3v) is 4.16. The highest BCUT2D eigenvalue weighted by Gasteiger charge is 2.17. The fraction of sp³-hybridized carbons (Fsp3) is 0.143. The van der Waals surface area contributed by atoms with Crippen molar-refractivity contribution in [3.8, 4) is 17.8 Å². The molecule has 0 aliphatic carbocycles. The lowest BCUT2D eigenvalue weighted by molar-refractivity contribution is 0.366. The van der Waals surface area contributed by atoms with Gasteiger partial charge in [0.25, 0.3) is 10.0 Å². The number of nitrogens with one attached hydrogen (secondary N) is 1. The molecule has 0 spiro atoms. The van der Waals surface area contributed by atoms with E-state index in [0.717, 1.165) is 0 Å². The van der Waals surface area contributed by atoms with Crippen LogP contribution in [0.1, 0.15) is 5.56 Å². The van der Waals surface area contributed by atoms with Crippen LogP contribution in [0.25, 0.3) is 0 Å². The molecule has 0 aliphatic heterocycles. The first-order valence-electron chi connectivity index (χ1n) is 6.12. The van der Waals surface area contributed by atoms with E-state index in [-0.39, 0.29) is 16.5 Å². The van der Waals surface area contributed by atoms with Gasteiger partial charge < -0.3 is 9.47 Å². The van der Waals surface area contributed by atoms with Crippen LogP contribution in [-0.2, 0) is 10.0 Å². The standard InChI is InChI=1S/C14H13N3O4S/c1-20-13-8-7-12(14(16-13)21-2)17-22(18,19)11-5-3-10(9-15)4-6-11/h3-8,17H,1-2H3. The molecular formula is C14H13N3O4S. The second-order valence-corrected chi connectivity index (χ2v) is 5.83. The molecule has 114 valence electrons. The van der Waals surface area contributed by atoms with Gasteiger partial charge in [-0.15, -0.1) is 0 Å². The van der Waals surface area contributed by atoms with Crippen molar-refractivity contribution in [2.75, 3.05) is 18.9 Å². The Kier molecular flexibility index (Phi) is 4.48. The van der Waals surface area contributed by atoms with Gasteiger partial charge in [0.05, 0.1) is 30.7 Å². The Labute approximate surface area is 128 Å². The van der Waals surface area contributed by atoms with Crippen molar-refractivity contribution in [2.24, 2.45) is 0 Å². The van der Waals surface area contributed by atoms with Gasteiger partial charge in [-0.05, 0) is 30.3 Å². The monoisotopic (exact) mass is 319 g/mol. The summed E-state index contributed by atoms with van der Waals surface area (Å²) in [6.45, 7) is 0. The van der Waals surface area contributed by atoms with Crippen LogP contribution in [0.15, 0.2) is 41.3 Å². The van der Waals surface area contributed by atoms with Gasteiger partial charge in [-0.2, -0.15) is 10.2 Å². The van der Waals surface area contributed by atoms with E-state index in [4.69, 9.17) is 14.7 Å². The summed E-state index contributed by atoms with van der Waals surface area (Å²) in [5.41, 5.74) is 0.565. The SMILES string of the molecule is COc1ccc(NS(=O)(=O)c2ccc(C#N)cc2)c(OC)n1. The summed E-state index contributed by atoms with van der Waals surface area (Å²) >= 11 is 0. The zero-order valence-corrected chi connectivity index (χ0v) is 12.7. The Morgan fingerprint density at radius 2 is 1.77 bits per heavy atom. The molecule has 8 heteroatoms. The van der Waals surface area contributed by atoms with Crippen LogP contribution in [0, 0.1) is 11.3 Å². The second-order valence-electron chi connectivity index (χ2n) is 4.15. The van der Waals surface area contributed by atoms with Crippen molar-refractivity contribution in [3.63, 3.8) is 0 Å². The van der Waals surface area contributed by atoms with Crippen molar-refractivity contribution >= 4 is 15.7 Å². The molecular weight excluding hydrogens is 306 g/mol. The first-order valence-corrected chi connectivity index (χ1v) is 7.60. The fourth-order valence-electron chi connectivity index (χ4n) is 1.68. The number of hydrogen-bond donors (Lipinski definition) is 1. The van der Waals surface area contributed by atoms with E-state index in [1.807, 2.05) is 6.07 Å². The predicted octanol–water partition coefficient (Wildman–Crippen LogP) is 1.77. The average molecular weight is 319 g/mol. The Hall–Kier alpha value is -2.79. The number of rotatable bonds is 5. The molecule has 7 nitrogen and oxygen atoms in total. The topological polar surface area (TPSA) is 101 Å². The van der Waals surface area contributed by atoms with Crippen LogP contribution in [0.2, 0.25) is 0 Å². The summed E-state index contributed by atoms with van der Waals surface area (Å²) in [7, 11) is -0.988. The quantitative estimate of drug-likeness (QED) is 0.901.